The molecule has 98 valence electrons. The molecule has 0 aromatic carbocycles. The lowest BCUT2D eigenvalue weighted by atomic mass is 9.87. The fraction of sp³-hybridized carbons (Fsp3) is 0.923. The molecule has 2 fully saturated rings. The summed E-state index contributed by atoms with van der Waals surface area (Å²) < 4.78 is 10.7. The molecule has 4 heteroatoms. The molecule has 0 aliphatic carbocycles. The third-order valence-electron chi connectivity index (χ3n) is 3.86. The van der Waals surface area contributed by atoms with Gasteiger partial charge < -0.3 is 9.47 Å². The van der Waals surface area contributed by atoms with Crippen LogP contribution in [0.3, 0.4) is 0 Å². The highest BCUT2D eigenvalue weighted by Crippen LogP contribution is 2.33. The van der Waals surface area contributed by atoms with Gasteiger partial charge in [-0.1, -0.05) is 0 Å². The molecule has 0 amide bonds. The van der Waals surface area contributed by atoms with Crippen LogP contribution >= 0.6 is 0 Å². The zero-order chi connectivity index (χ0) is 12.1. The SMILES string of the molecule is CCOC(=O)CC1(N2CCCC2)CCCOC1. The topological polar surface area (TPSA) is 38.8 Å². The van der Waals surface area contributed by atoms with E-state index in [1.807, 2.05) is 6.92 Å². The summed E-state index contributed by atoms with van der Waals surface area (Å²) in [5, 5.41) is 0. The Labute approximate surface area is 103 Å². The molecule has 4 nitrogen and oxygen atoms in total. The van der Waals surface area contributed by atoms with Crippen molar-refractivity contribution in [3.63, 3.8) is 0 Å². The van der Waals surface area contributed by atoms with Crippen LogP contribution in [0.15, 0.2) is 0 Å². The van der Waals surface area contributed by atoms with Gasteiger partial charge in [-0.3, -0.25) is 9.69 Å². The van der Waals surface area contributed by atoms with Crippen LogP contribution in [-0.2, 0) is 14.3 Å². The summed E-state index contributed by atoms with van der Waals surface area (Å²) in [6.07, 6.45) is 5.08. The molecule has 0 bridgehead atoms. The van der Waals surface area contributed by atoms with E-state index in [1.54, 1.807) is 0 Å². The van der Waals surface area contributed by atoms with Gasteiger partial charge in [-0.05, 0) is 45.7 Å². The minimum Gasteiger partial charge on any atom is -0.466 e. The quantitative estimate of drug-likeness (QED) is 0.701. The van der Waals surface area contributed by atoms with Gasteiger partial charge in [0.1, 0.15) is 0 Å². The standard InChI is InChI=1S/C13H23NO3/c1-2-17-12(15)10-13(6-5-9-16-11-13)14-7-3-4-8-14/h2-11H2,1H3. The maximum Gasteiger partial charge on any atom is 0.307 e. The van der Waals surface area contributed by atoms with E-state index in [0.717, 1.165) is 32.5 Å². The van der Waals surface area contributed by atoms with Gasteiger partial charge in [0, 0.05) is 6.61 Å². The van der Waals surface area contributed by atoms with Crippen molar-refractivity contribution in [1.82, 2.24) is 4.90 Å². The van der Waals surface area contributed by atoms with E-state index in [4.69, 9.17) is 9.47 Å². The Kier molecular flexibility index (Phi) is 4.40. The maximum atomic E-state index is 11.8. The van der Waals surface area contributed by atoms with Crippen LogP contribution in [0.4, 0.5) is 0 Å². The summed E-state index contributed by atoms with van der Waals surface area (Å²) in [6.45, 7) is 6.04. The van der Waals surface area contributed by atoms with Crippen LogP contribution in [0.5, 0.6) is 0 Å². The van der Waals surface area contributed by atoms with Crippen molar-refractivity contribution >= 4 is 5.97 Å². The Morgan fingerprint density at radius 2 is 2.12 bits per heavy atom. The molecule has 1 unspecified atom stereocenters. The molecule has 0 aromatic heterocycles. The summed E-state index contributed by atoms with van der Waals surface area (Å²) in [7, 11) is 0. The highest BCUT2D eigenvalue weighted by atomic mass is 16.5. The summed E-state index contributed by atoms with van der Waals surface area (Å²) in [6, 6.07) is 0. The van der Waals surface area contributed by atoms with Crippen LogP contribution in [0.1, 0.15) is 39.0 Å². The molecule has 1 atom stereocenters. The first-order chi connectivity index (χ1) is 8.27. The highest BCUT2D eigenvalue weighted by molar-refractivity contribution is 5.71. The molecule has 17 heavy (non-hydrogen) atoms. The first-order valence-corrected chi connectivity index (χ1v) is 6.75. The Morgan fingerprint density at radius 1 is 1.35 bits per heavy atom. The molecule has 2 heterocycles. The van der Waals surface area contributed by atoms with Crippen molar-refractivity contribution in [3.8, 4) is 0 Å². The van der Waals surface area contributed by atoms with Gasteiger partial charge in [0.15, 0.2) is 0 Å². The molecule has 0 N–H and O–H groups in total. The lowest BCUT2D eigenvalue weighted by Gasteiger charge is -2.43. The summed E-state index contributed by atoms with van der Waals surface area (Å²) in [5.74, 6) is -0.0788. The van der Waals surface area contributed by atoms with Gasteiger partial charge in [0.05, 0.1) is 25.2 Å². The second kappa shape index (κ2) is 5.83. The van der Waals surface area contributed by atoms with E-state index in [-0.39, 0.29) is 11.5 Å². The van der Waals surface area contributed by atoms with Gasteiger partial charge in [0.2, 0.25) is 0 Å². The largest absolute Gasteiger partial charge is 0.466 e. The van der Waals surface area contributed by atoms with Gasteiger partial charge in [-0.15, -0.1) is 0 Å². The Balaban J connectivity index is 2.02. The average Bonchev–Trinajstić information content (AvgIpc) is 2.84. The lowest BCUT2D eigenvalue weighted by molar-refractivity contribution is -0.150. The van der Waals surface area contributed by atoms with E-state index in [2.05, 4.69) is 4.90 Å². The number of likely N-dealkylation sites (tertiary alicyclic amines) is 1. The third-order valence-corrected chi connectivity index (χ3v) is 3.86. The minimum absolute atomic E-state index is 0.0788. The highest BCUT2D eigenvalue weighted by Gasteiger charge is 2.42. The van der Waals surface area contributed by atoms with E-state index in [9.17, 15) is 4.79 Å². The van der Waals surface area contributed by atoms with Gasteiger partial charge in [0.25, 0.3) is 0 Å². The smallest absolute Gasteiger partial charge is 0.307 e. The van der Waals surface area contributed by atoms with Crippen LogP contribution < -0.4 is 0 Å². The molecular formula is C13H23NO3. The molecule has 2 aliphatic rings. The van der Waals surface area contributed by atoms with Crippen molar-refractivity contribution in [2.75, 3.05) is 32.9 Å². The molecule has 2 saturated heterocycles. The first-order valence-electron chi connectivity index (χ1n) is 6.75. The normalized spacial score (nSPS) is 30.4. The molecule has 0 aromatic rings. The van der Waals surface area contributed by atoms with Crippen molar-refractivity contribution in [3.05, 3.63) is 0 Å². The van der Waals surface area contributed by atoms with E-state index < -0.39 is 0 Å². The zero-order valence-electron chi connectivity index (χ0n) is 10.7. The fourth-order valence-corrected chi connectivity index (χ4v) is 3.01. The zero-order valence-corrected chi connectivity index (χ0v) is 10.7. The van der Waals surface area contributed by atoms with Gasteiger partial charge in [-0.25, -0.2) is 0 Å². The van der Waals surface area contributed by atoms with Gasteiger partial charge in [-0.2, -0.15) is 0 Å². The summed E-state index contributed by atoms with van der Waals surface area (Å²) >= 11 is 0. The van der Waals surface area contributed by atoms with Crippen molar-refractivity contribution in [2.45, 2.75) is 44.6 Å². The average molecular weight is 241 g/mol. The minimum atomic E-state index is -0.0823. The second-order valence-electron chi connectivity index (χ2n) is 5.06. The predicted molar refractivity (Wildman–Crippen MR) is 64.8 cm³/mol. The Morgan fingerprint density at radius 3 is 2.71 bits per heavy atom. The van der Waals surface area contributed by atoms with Crippen molar-refractivity contribution < 1.29 is 14.3 Å². The van der Waals surface area contributed by atoms with Crippen LogP contribution in [0.25, 0.3) is 0 Å². The van der Waals surface area contributed by atoms with Crippen LogP contribution in [-0.4, -0.2) is 49.3 Å². The second-order valence-corrected chi connectivity index (χ2v) is 5.06. The Hall–Kier alpha value is -0.610. The number of hydrogen-bond acceptors (Lipinski definition) is 4. The molecule has 0 saturated carbocycles. The van der Waals surface area contributed by atoms with E-state index >= 15 is 0 Å². The summed E-state index contributed by atoms with van der Waals surface area (Å²) in [5.41, 5.74) is -0.0823. The fourth-order valence-electron chi connectivity index (χ4n) is 3.01. The number of nitrogens with zero attached hydrogens (tertiary/aromatic N) is 1. The molecular weight excluding hydrogens is 218 g/mol. The first kappa shape index (κ1) is 12.8. The Bertz CT molecular complexity index is 255. The summed E-state index contributed by atoms with van der Waals surface area (Å²) in [4.78, 5) is 14.2. The molecule has 0 spiro atoms. The number of carbonyl (C=O) groups excluding carboxylic acids is 1. The molecule has 2 rings (SSSR count). The predicted octanol–water partition coefficient (Wildman–Crippen LogP) is 1.58. The number of ether oxygens (including phenoxy) is 2. The van der Waals surface area contributed by atoms with Gasteiger partial charge >= 0.3 is 5.97 Å². The van der Waals surface area contributed by atoms with E-state index in [1.165, 1.54) is 12.8 Å². The lowest BCUT2D eigenvalue weighted by Crippen LogP contribution is -2.54. The third kappa shape index (κ3) is 2.99. The number of hydrogen-bond donors (Lipinski definition) is 0. The van der Waals surface area contributed by atoms with Crippen molar-refractivity contribution in [1.29, 1.82) is 0 Å². The maximum absolute atomic E-state index is 11.8. The molecule has 2 aliphatic heterocycles. The molecule has 0 radical (unpaired) electrons. The number of carbonyl (C=O) groups is 1. The van der Waals surface area contributed by atoms with Crippen LogP contribution in [0, 0.1) is 0 Å². The van der Waals surface area contributed by atoms with E-state index in [0.29, 0.717) is 19.6 Å². The van der Waals surface area contributed by atoms with Crippen molar-refractivity contribution in [2.24, 2.45) is 0 Å². The number of rotatable bonds is 4. The number of esters is 1. The van der Waals surface area contributed by atoms with Crippen LogP contribution in [0.2, 0.25) is 0 Å². The monoisotopic (exact) mass is 241 g/mol.